The maximum Gasteiger partial charge on any atom is 0.327 e. The van der Waals surface area contributed by atoms with Crippen molar-refractivity contribution in [3.8, 4) is 17.3 Å². The summed E-state index contributed by atoms with van der Waals surface area (Å²) in [4.78, 5) is 23.4. The van der Waals surface area contributed by atoms with E-state index >= 15 is 0 Å². The average molecular weight is 430 g/mol. The lowest BCUT2D eigenvalue weighted by atomic mass is 9.94. The third kappa shape index (κ3) is 4.67. The number of carbonyl (C=O) groups excluding carboxylic acids is 1. The van der Waals surface area contributed by atoms with Crippen LogP contribution in [0.3, 0.4) is 0 Å². The Bertz CT molecular complexity index is 1170. The van der Waals surface area contributed by atoms with Gasteiger partial charge < -0.3 is 11.1 Å². The molecule has 0 radical (unpaired) electrons. The maximum atomic E-state index is 13.6. The van der Waals surface area contributed by atoms with Gasteiger partial charge in [-0.05, 0) is 37.1 Å². The number of nitrogens with zero attached hydrogens (tertiary/aromatic N) is 4. The number of benzene rings is 1. The van der Waals surface area contributed by atoms with Crippen molar-refractivity contribution in [1.82, 2.24) is 9.97 Å². The first-order valence-corrected chi connectivity index (χ1v) is 10.5. The van der Waals surface area contributed by atoms with Crippen molar-refractivity contribution in [2.45, 2.75) is 38.1 Å². The second-order valence-corrected chi connectivity index (χ2v) is 7.79. The first kappa shape index (κ1) is 21.2. The largest absolute Gasteiger partial charge is 0.396 e. The first-order valence-electron chi connectivity index (χ1n) is 10.5. The van der Waals surface area contributed by atoms with Gasteiger partial charge in [0.05, 0.1) is 41.1 Å². The van der Waals surface area contributed by atoms with Crippen LogP contribution in [0.15, 0.2) is 54.9 Å². The molecule has 8 heteroatoms. The molecule has 1 saturated carbocycles. The van der Waals surface area contributed by atoms with E-state index in [1.807, 2.05) is 6.07 Å². The van der Waals surface area contributed by atoms with E-state index in [-0.39, 0.29) is 11.7 Å². The number of pyridine rings is 2. The van der Waals surface area contributed by atoms with Gasteiger partial charge in [-0.15, -0.1) is 0 Å². The first-order chi connectivity index (χ1) is 15.5. The summed E-state index contributed by atoms with van der Waals surface area (Å²) >= 11 is 0. The lowest BCUT2D eigenvalue weighted by Crippen LogP contribution is -2.45. The third-order valence-electron chi connectivity index (χ3n) is 5.54. The van der Waals surface area contributed by atoms with E-state index in [9.17, 15) is 14.4 Å². The normalized spacial score (nSPS) is 13.9. The summed E-state index contributed by atoms with van der Waals surface area (Å²) in [5, 5.41) is 11.9. The predicted molar refractivity (Wildman–Crippen MR) is 121 cm³/mol. The highest BCUT2D eigenvalue weighted by atomic mass is 19.1. The van der Waals surface area contributed by atoms with Crippen LogP contribution in [0.2, 0.25) is 0 Å². The molecule has 1 aliphatic rings. The number of halogens is 1. The monoisotopic (exact) mass is 430 g/mol. The fourth-order valence-electron chi connectivity index (χ4n) is 4.00. The van der Waals surface area contributed by atoms with Gasteiger partial charge in [0.2, 0.25) is 0 Å². The number of urea groups is 1. The van der Waals surface area contributed by atoms with Crippen molar-refractivity contribution >= 4 is 23.2 Å². The molecule has 3 N–H and O–H groups in total. The number of hydrogen-bond donors (Lipinski definition) is 2. The Morgan fingerprint density at radius 1 is 1.16 bits per heavy atom. The van der Waals surface area contributed by atoms with Gasteiger partial charge in [-0.3, -0.25) is 9.88 Å². The summed E-state index contributed by atoms with van der Waals surface area (Å²) in [6.07, 6.45) is 7.23. The van der Waals surface area contributed by atoms with Crippen LogP contribution in [0.1, 0.15) is 37.7 Å². The number of nitriles is 1. The van der Waals surface area contributed by atoms with Crippen LogP contribution in [0.5, 0.6) is 0 Å². The Balaban J connectivity index is 1.73. The summed E-state index contributed by atoms with van der Waals surface area (Å²) in [5.41, 5.74) is 8.77. The second-order valence-electron chi connectivity index (χ2n) is 7.79. The van der Waals surface area contributed by atoms with Crippen LogP contribution >= 0.6 is 0 Å². The highest BCUT2D eigenvalue weighted by Gasteiger charge is 2.30. The zero-order valence-electron chi connectivity index (χ0n) is 17.5. The summed E-state index contributed by atoms with van der Waals surface area (Å²) in [7, 11) is 0. The minimum absolute atomic E-state index is 0.0826. The SMILES string of the molecule is N#Cc1cccc(-c2ccc(N)c(N(C(=O)Nc3cncc(F)c3)C3CCCCC3)n2)c1. The van der Waals surface area contributed by atoms with E-state index < -0.39 is 11.8 Å². The molecule has 0 atom stereocenters. The Labute approximate surface area is 185 Å². The number of nitrogen functional groups attached to an aromatic ring is 1. The molecule has 0 aliphatic heterocycles. The van der Waals surface area contributed by atoms with E-state index in [1.54, 1.807) is 35.2 Å². The van der Waals surface area contributed by atoms with Crippen LogP contribution in [0.4, 0.5) is 26.4 Å². The van der Waals surface area contributed by atoms with E-state index in [4.69, 9.17) is 10.7 Å². The lowest BCUT2D eigenvalue weighted by Gasteiger charge is -2.34. The molecule has 7 nitrogen and oxygen atoms in total. The molecule has 0 bridgehead atoms. The van der Waals surface area contributed by atoms with Gasteiger partial charge >= 0.3 is 6.03 Å². The molecule has 0 unspecified atom stereocenters. The number of nitrogens with one attached hydrogen (secondary N) is 1. The van der Waals surface area contributed by atoms with Crippen LogP contribution in [0.25, 0.3) is 11.3 Å². The number of amides is 2. The second kappa shape index (κ2) is 9.43. The number of carbonyl (C=O) groups is 1. The molecule has 3 aromatic rings. The molecular weight excluding hydrogens is 407 g/mol. The van der Waals surface area contributed by atoms with Crippen LogP contribution < -0.4 is 16.0 Å². The van der Waals surface area contributed by atoms with E-state index in [0.717, 1.165) is 43.9 Å². The molecule has 1 aliphatic carbocycles. The summed E-state index contributed by atoms with van der Waals surface area (Å²) in [5.74, 6) is -0.192. The van der Waals surface area contributed by atoms with Crippen molar-refractivity contribution in [2.75, 3.05) is 16.0 Å². The van der Waals surface area contributed by atoms with Crippen molar-refractivity contribution in [3.63, 3.8) is 0 Å². The standard InChI is InChI=1S/C24H23FN6O/c25-18-12-19(15-28-14-18)29-24(32)31(20-7-2-1-3-8-20)23-21(27)9-10-22(30-23)17-6-4-5-16(11-17)13-26/h4-6,9-12,14-15,20H,1-3,7-8,27H2,(H,29,32). The molecule has 162 valence electrons. The fraction of sp³-hybridized carbons (Fsp3) is 0.250. The molecule has 2 amide bonds. The van der Waals surface area contributed by atoms with Crippen molar-refractivity contribution in [1.29, 1.82) is 5.26 Å². The molecule has 1 aromatic carbocycles. The molecule has 2 heterocycles. The van der Waals surface area contributed by atoms with Gasteiger partial charge in [-0.25, -0.2) is 14.2 Å². The van der Waals surface area contributed by atoms with Crippen molar-refractivity contribution in [3.05, 3.63) is 66.2 Å². The highest BCUT2D eigenvalue weighted by Crippen LogP contribution is 2.32. The average Bonchev–Trinajstić information content (AvgIpc) is 2.81. The summed E-state index contributed by atoms with van der Waals surface area (Å²) in [6, 6.07) is 13.4. The summed E-state index contributed by atoms with van der Waals surface area (Å²) < 4.78 is 13.6. The van der Waals surface area contributed by atoms with Gasteiger partial charge in [0.1, 0.15) is 5.82 Å². The van der Waals surface area contributed by atoms with Crippen molar-refractivity contribution < 1.29 is 9.18 Å². The molecule has 2 aromatic heterocycles. The maximum absolute atomic E-state index is 13.6. The lowest BCUT2D eigenvalue weighted by molar-refractivity contribution is 0.252. The zero-order valence-corrected chi connectivity index (χ0v) is 17.5. The Morgan fingerprint density at radius 2 is 1.97 bits per heavy atom. The topological polar surface area (TPSA) is 108 Å². The van der Waals surface area contributed by atoms with E-state index in [2.05, 4.69) is 16.4 Å². The van der Waals surface area contributed by atoms with Crippen LogP contribution in [0, 0.1) is 17.1 Å². The van der Waals surface area contributed by atoms with Gasteiger partial charge in [0.15, 0.2) is 5.82 Å². The number of aromatic nitrogens is 2. The van der Waals surface area contributed by atoms with Crippen LogP contribution in [-0.2, 0) is 0 Å². The zero-order chi connectivity index (χ0) is 22.5. The molecule has 32 heavy (non-hydrogen) atoms. The van der Waals surface area contributed by atoms with E-state index in [1.165, 1.54) is 12.3 Å². The quantitative estimate of drug-likeness (QED) is 0.598. The molecule has 1 fully saturated rings. The molecule has 0 saturated heterocycles. The Kier molecular flexibility index (Phi) is 6.26. The minimum atomic E-state index is -0.538. The Hall–Kier alpha value is -3.99. The number of rotatable bonds is 4. The molecule has 0 spiro atoms. The third-order valence-corrected chi connectivity index (χ3v) is 5.54. The number of nitrogens with two attached hydrogens (primary N) is 1. The number of anilines is 3. The number of hydrogen-bond acceptors (Lipinski definition) is 5. The van der Waals surface area contributed by atoms with E-state index in [0.29, 0.717) is 22.8 Å². The van der Waals surface area contributed by atoms with Gasteiger partial charge in [-0.1, -0.05) is 31.4 Å². The molecule has 4 rings (SSSR count). The molecular formula is C24H23FN6O. The predicted octanol–water partition coefficient (Wildman–Crippen LogP) is 5.11. The Morgan fingerprint density at radius 3 is 2.72 bits per heavy atom. The highest BCUT2D eigenvalue weighted by molar-refractivity contribution is 6.03. The van der Waals surface area contributed by atoms with Gasteiger partial charge in [0.25, 0.3) is 0 Å². The summed E-state index contributed by atoms with van der Waals surface area (Å²) in [6.45, 7) is 0. The minimum Gasteiger partial charge on any atom is -0.396 e. The fourth-order valence-corrected chi connectivity index (χ4v) is 4.00. The van der Waals surface area contributed by atoms with Gasteiger partial charge in [0, 0.05) is 17.7 Å². The van der Waals surface area contributed by atoms with Crippen LogP contribution in [-0.4, -0.2) is 22.0 Å². The van der Waals surface area contributed by atoms with Crippen molar-refractivity contribution in [2.24, 2.45) is 0 Å². The smallest absolute Gasteiger partial charge is 0.327 e. The van der Waals surface area contributed by atoms with Gasteiger partial charge in [-0.2, -0.15) is 5.26 Å².